The van der Waals surface area contributed by atoms with Crippen molar-refractivity contribution in [3.63, 3.8) is 0 Å². The molecule has 0 spiro atoms. The molecule has 3 aromatic rings. The SMILES string of the molecule is Cc1ccc(C(=O)c2sc(Nc3ccc([N+](=O)[O-])cc3)c(C#N)c2N)cc1. The lowest BCUT2D eigenvalue weighted by molar-refractivity contribution is -0.384. The molecule has 0 aliphatic rings. The number of thiophene rings is 1. The summed E-state index contributed by atoms with van der Waals surface area (Å²) in [5.74, 6) is -0.259. The molecule has 0 bridgehead atoms. The van der Waals surface area contributed by atoms with Crippen molar-refractivity contribution in [1.29, 1.82) is 5.26 Å². The van der Waals surface area contributed by atoms with E-state index in [1.165, 1.54) is 24.3 Å². The zero-order valence-electron chi connectivity index (χ0n) is 14.2. The highest BCUT2D eigenvalue weighted by atomic mass is 32.1. The summed E-state index contributed by atoms with van der Waals surface area (Å²) in [7, 11) is 0. The summed E-state index contributed by atoms with van der Waals surface area (Å²) >= 11 is 1.08. The highest BCUT2D eigenvalue weighted by Gasteiger charge is 2.22. The molecule has 3 rings (SSSR count). The number of nitrogen functional groups attached to an aromatic ring is 1. The second kappa shape index (κ2) is 7.27. The number of nitro groups is 1. The molecule has 7 nitrogen and oxygen atoms in total. The Morgan fingerprint density at radius 3 is 2.37 bits per heavy atom. The van der Waals surface area contributed by atoms with Crippen LogP contribution in [0.15, 0.2) is 48.5 Å². The van der Waals surface area contributed by atoms with E-state index in [9.17, 15) is 20.2 Å². The lowest BCUT2D eigenvalue weighted by atomic mass is 10.1. The van der Waals surface area contributed by atoms with Crippen LogP contribution in [0, 0.1) is 28.4 Å². The predicted molar refractivity (Wildman–Crippen MR) is 104 cm³/mol. The summed E-state index contributed by atoms with van der Waals surface area (Å²) in [4.78, 5) is 23.3. The number of ketones is 1. The van der Waals surface area contributed by atoms with E-state index in [-0.39, 0.29) is 27.6 Å². The number of nitrogens with zero attached hydrogens (tertiary/aromatic N) is 2. The van der Waals surface area contributed by atoms with Crippen LogP contribution in [0.4, 0.5) is 22.1 Å². The van der Waals surface area contributed by atoms with Gasteiger partial charge in [0.1, 0.15) is 21.5 Å². The number of carbonyl (C=O) groups is 1. The number of nitro benzene ring substituents is 1. The monoisotopic (exact) mass is 378 g/mol. The largest absolute Gasteiger partial charge is 0.396 e. The lowest BCUT2D eigenvalue weighted by Crippen LogP contribution is -2.02. The first-order chi connectivity index (χ1) is 12.9. The maximum Gasteiger partial charge on any atom is 0.269 e. The number of aryl methyl sites for hydroxylation is 1. The van der Waals surface area contributed by atoms with E-state index in [4.69, 9.17) is 5.73 Å². The molecule has 1 heterocycles. The summed E-state index contributed by atoms with van der Waals surface area (Å²) in [6.07, 6.45) is 0. The molecule has 27 heavy (non-hydrogen) atoms. The van der Waals surface area contributed by atoms with E-state index in [2.05, 4.69) is 5.32 Å². The fourth-order valence-electron chi connectivity index (χ4n) is 2.45. The zero-order chi connectivity index (χ0) is 19.6. The molecule has 0 fully saturated rings. The van der Waals surface area contributed by atoms with Gasteiger partial charge in [-0.2, -0.15) is 5.26 Å². The Balaban J connectivity index is 1.94. The van der Waals surface area contributed by atoms with Gasteiger partial charge < -0.3 is 11.1 Å². The van der Waals surface area contributed by atoms with Gasteiger partial charge >= 0.3 is 0 Å². The lowest BCUT2D eigenvalue weighted by Gasteiger charge is -2.03. The molecule has 134 valence electrons. The minimum Gasteiger partial charge on any atom is -0.396 e. The Hall–Kier alpha value is -3.70. The molecule has 0 aliphatic heterocycles. The van der Waals surface area contributed by atoms with Crippen molar-refractivity contribution in [2.45, 2.75) is 6.92 Å². The molecular weight excluding hydrogens is 364 g/mol. The highest BCUT2D eigenvalue weighted by molar-refractivity contribution is 7.19. The maximum absolute atomic E-state index is 12.8. The summed E-state index contributed by atoms with van der Waals surface area (Å²) < 4.78 is 0. The van der Waals surface area contributed by atoms with Crippen molar-refractivity contribution in [2.75, 3.05) is 11.1 Å². The number of benzene rings is 2. The predicted octanol–water partition coefficient (Wildman–Crippen LogP) is 4.39. The molecule has 0 saturated heterocycles. The highest BCUT2D eigenvalue weighted by Crippen LogP contribution is 2.38. The minimum absolute atomic E-state index is 0.0398. The van der Waals surface area contributed by atoms with Gasteiger partial charge in [-0.25, -0.2) is 0 Å². The van der Waals surface area contributed by atoms with Gasteiger partial charge in [-0.3, -0.25) is 14.9 Å². The Morgan fingerprint density at radius 2 is 1.81 bits per heavy atom. The third-order valence-electron chi connectivity index (χ3n) is 3.91. The molecule has 0 amide bonds. The van der Waals surface area contributed by atoms with Gasteiger partial charge in [0.25, 0.3) is 5.69 Å². The van der Waals surface area contributed by atoms with E-state index in [1.807, 2.05) is 25.1 Å². The third kappa shape index (κ3) is 3.63. The molecule has 0 unspecified atom stereocenters. The fourth-order valence-corrected chi connectivity index (χ4v) is 3.50. The summed E-state index contributed by atoms with van der Waals surface area (Å²) in [6, 6.07) is 14.9. The fraction of sp³-hybridized carbons (Fsp3) is 0.0526. The molecule has 0 atom stereocenters. The molecule has 0 radical (unpaired) electrons. The Morgan fingerprint density at radius 1 is 1.19 bits per heavy atom. The van der Waals surface area contributed by atoms with Crippen molar-refractivity contribution in [3.8, 4) is 6.07 Å². The van der Waals surface area contributed by atoms with Crippen molar-refractivity contribution in [2.24, 2.45) is 0 Å². The number of hydrogen-bond acceptors (Lipinski definition) is 7. The van der Waals surface area contributed by atoms with E-state index in [0.29, 0.717) is 16.3 Å². The zero-order valence-corrected chi connectivity index (χ0v) is 15.0. The molecule has 0 aliphatic carbocycles. The van der Waals surface area contributed by atoms with Gasteiger partial charge in [-0.1, -0.05) is 29.8 Å². The Labute approximate surface area is 158 Å². The number of nitrogens with one attached hydrogen (secondary N) is 1. The average Bonchev–Trinajstić information content (AvgIpc) is 2.97. The quantitative estimate of drug-likeness (QED) is 0.385. The van der Waals surface area contributed by atoms with E-state index >= 15 is 0 Å². The normalized spacial score (nSPS) is 10.2. The molecule has 2 aromatic carbocycles. The van der Waals surface area contributed by atoms with Gasteiger partial charge in [0.15, 0.2) is 0 Å². The van der Waals surface area contributed by atoms with Gasteiger partial charge in [-0.15, -0.1) is 11.3 Å². The standard InChI is InChI=1S/C19H14N4O3S/c1-11-2-4-12(5-3-11)17(24)18-16(21)15(10-20)19(27-18)22-13-6-8-14(9-7-13)23(25)26/h2-9,22H,21H2,1H3. The van der Waals surface area contributed by atoms with Crippen LogP contribution >= 0.6 is 11.3 Å². The van der Waals surface area contributed by atoms with Crippen LogP contribution in [-0.2, 0) is 0 Å². The van der Waals surface area contributed by atoms with E-state index in [1.54, 1.807) is 12.1 Å². The third-order valence-corrected chi connectivity index (χ3v) is 5.03. The number of nitrogens with two attached hydrogens (primary N) is 1. The molecule has 3 N–H and O–H groups in total. The number of nitriles is 1. The minimum atomic E-state index is -0.494. The van der Waals surface area contributed by atoms with Crippen LogP contribution in [0.5, 0.6) is 0 Å². The van der Waals surface area contributed by atoms with Crippen molar-refractivity contribution >= 4 is 39.2 Å². The first-order valence-corrected chi connectivity index (χ1v) is 8.67. The van der Waals surface area contributed by atoms with Gasteiger partial charge in [-0.05, 0) is 19.1 Å². The van der Waals surface area contributed by atoms with E-state index < -0.39 is 4.92 Å². The second-order valence-electron chi connectivity index (χ2n) is 5.78. The van der Waals surface area contributed by atoms with E-state index in [0.717, 1.165) is 16.9 Å². The topological polar surface area (TPSA) is 122 Å². The van der Waals surface area contributed by atoms with Crippen LogP contribution in [0.3, 0.4) is 0 Å². The Bertz CT molecular complexity index is 1060. The summed E-state index contributed by atoms with van der Waals surface area (Å²) in [5, 5.41) is 23.6. The van der Waals surface area contributed by atoms with Gasteiger partial charge in [0.05, 0.1) is 10.6 Å². The van der Waals surface area contributed by atoms with Crippen LogP contribution in [0.2, 0.25) is 0 Å². The van der Waals surface area contributed by atoms with Crippen LogP contribution in [0.1, 0.15) is 26.4 Å². The number of carbonyl (C=O) groups excluding carboxylic acids is 1. The average molecular weight is 378 g/mol. The smallest absolute Gasteiger partial charge is 0.269 e. The van der Waals surface area contributed by atoms with Crippen LogP contribution in [0.25, 0.3) is 0 Å². The first-order valence-electron chi connectivity index (χ1n) is 7.86. The molecule has 1 aromatic heterocycles. The second-order valence-corrected chi connectivity index (χ2v) is 6.81. The number of non-ortho nitro benzene ring substituents is 1. The number of rotatable bonds is 5. The molecule has 0 saturated carbocycles. The van der Waals surface area contributed by atoms with Crippen molar-refractivity contribution < 1.29 is 9.72 Å². The first kappa shape index (κ1) is 18.1. The Kier molecular flexibility index (Phi) is 4.88. The number of hydrogen-bond donors (Lipinski definition) is 2. The molecule has 8 heteroatoms. The van der Waals surface area contributed by atoms with Gasteiger partial charge in [0.2, 0.25) is 5.78 Å². The molecular formula is C19H14N4O3S. The summed E-state index contributed by atoms with van der Waals surface area (Å²) in [6.45, 7) is 1.92. The summed E-state index contributed by atoms with van der Waals surface area (Å²) in [5.41, 5.74) is 8.36. The van der Waals surface area contributed by atoms with Crippen LogP contribution in [-0.4, -0.2) is 10.7 Å². The maximum atomic E-state index is 12.8. The van der Waals surface area contributed by atoms with Crippen molar-refractivity contribution in [3.05, 3.63) is 80.2 Å². The van der Waals surface area contributed by atoms with Crippen LogP contribution < -0.4 is 11.1 Å². The number of anilines is 3. The van der Waals surface area contributed by atoms with Crippen molar-refractivity contribution in [1.82, 2.24) is 0 Å². The van der Waals surface area contributed by atoms with Gasteiger partial charge in [0, 0.05) is 23.4 Å².